The van der Waals surface area contributed by atoms with Gasteiger partial charge in [0.25, 0.3) is 0 Å². The summed E-state index contributed by atoms with van der Waals surface area (Å²) in [5.74, 6) is 0.195. The van der Waals surface area contributed by atoms with Crippen LogP contribution in [0.4, 0.5) is 0 Å². The number of hydrogen-bond donors (Lipinski definition) is 1. The van der Waals surface area contributed by atoms with Crippen LogP contribution in [0, 0.1) is 5.92 Å². The summed E-state index contributed by atoms with van der Waals surface area (Å²) in [7, 11) is 0. The van der Waals surface area contributed by atoms with E-state index in [4.69, 9.17) is 0 Å². The van der Waals surface area contributed by atoms with Crippen LogP contribution in [0.25, 0.3) is 0 Å². The van der Waals surface area contributed by atoms with E-state index in [0.717, 1.165) is 18.7 Å². The number of nitrogens with zero attached hydrogens (tertiary/aromatic N) is 1. The molecule has 1 atom stereocenters. The maximum Gasteiger partial charge on any atom is 0.231 e. The Labute approximate surface area is 109 Å². The first-order valence-corrected chi connectivity index (χ1v) is 6.38. The molecule has 0 aromatic rings. The van der Waals surface area contributed by atoms with Crippen LogP contribution in [-0.4, -0.2) is 28.1 Å². The first-order valence-electron chi connectivity index (χ1n) is 6.38. The van der Waals surface area contributed by atoms with Crippen molar-refractivity contribution in [3.63, 3.8) is 0 Å². The van der Waals surface area contributed by atoms with Gasteiger partial charge in [0.05, 0.1) is 11.5 Å². The Morgan fingerprint density at radius 3 is 2.72 bits per heavy atom. The molecule has 0 aliphatic carbocycles. The molecule has 1 unspecified atom stereocenters. The molecule has 0 spiro atoms. The summed E-state index contributed by atoms with van der Waals surface area (Å²) in [5.41, 5.74) is 0.195. The molecular weight excluding hydrogens is 226 g/mol. The smallest absolute Gasteiger partial charge is 0.231 e. The predicted octanol–water partition coefficient (Wildman–Crippen LogP) is 2.64. The molecule has 1 fully saturated rings. The summed E-state index contributed by atoms with van der Waals surface area (Å²) in [6.07, 6.45) is 8.74. The summed E-state index contributed by atoms with van der Waals surface area (Å²) in [6.45, 7) is 9.86. The number of carbonyl (C=O) groups excluding carboxylic acids is 1. The van der Waals surface area contributed by atoms with Crippen LogP contribution < -0.4 is 0 Å². The van der Waals surface area contributed by atoms with Gasteiger partial charge in [0.15, 0.2) is 0 Å². The highest BCUT2D eigenvalue weighted by atomic mass is 16.3. The molecule has 0 saturated carbocycles. The van der Waals surface area contributed by atoms with Crippen LogP contribution >= 0.6 is 0 Å². The Kier molecular flexibility index (Phi) is 4.91. The topological polar surface area (TPSA) is 40.5 Å². The standard InChI is InChI=1S/C15H23NO2/c1-5-7-13(8-6-2)16-11-12(14(16)17)9-10-15(3,4)18/h5-8,12,18H,1,9-11H2,2-4H3/b8-6-,13-7+. The number of rotatable bonds is 6. The zero-order valence-electron chi connectivity index (χ0n) is 11.5. The van der Waals surface area contributed by atoms with Crippen molar-refractivity contribution in [2.24, 2.45) is 5.92 Å². The zero-order valence-corrected chi connectivity index (χ0v) is 11.5. The Morgan fingerprint density at radius 2 is 2.28 bits per heavy atom. The van der Waals surface area contributed by atoms with Crippen LogP contribution in [0.15, 0.2) is 36.6 Å². The van der Waals surface area contributed by atoms with E-state index in [1.165, 1.54) is 0 Å². The van der Waals surface area contributed by atoms with Crippen molar-refractivity contribution in [1.29, 1.82) is 0 Å². The average Bonchev–Trinajstić information content (AvgIpc) is 2.26. The van der Waals surface area contributed by atoms with E-state index in [9.17, 15) is 9.90 Å². The van der Waals surface area contributed by atoms with Crippen molar-refractivity contribution in [1.82, 2.24) is 4.90 Å². The normalized spacial score (nSPS) is 21.3. The molecule has 1 rings (SSSR count). The van der Waals surface area contributed by atoms with Gasteiger partial charge >= 0.3 is 0 Å². The van der Waals surface area contributed by atoms with Gasteiger partial charge in [-0.2, -0.15) is 0 Å². The molecule has 3 nitrogen and oxygen atoms in total. The second-order valence-corrected chi connectivity index (χ2v) is 5.32. The monoisotopic (exact) mass is 249 g/mol. The Bertz CT molecular complexity index is 374. The number of likely N-dealkylation sites (tertiary alicyclic amines) is 1. The molecule has 1 N–H and O–H groups in total. The minimum Gasteiger partial charge on any atom is -0.390 e. The van der Waals surface area contributed by atoms with Crippen molar-refractivity contribution >= 4 is 5.91 Å². The van der Waals surface area contributed by atoms with Crippen molar-refractivity contribution in [2.75, 3.05) is 6.54 Å². The fourth-order valence-electron chi connectivity index (χ4n) is 2.00. The quantitative estimate of drug-likeness (QED) is 0.580. The molecule has 18 heavy (non-hydrogen) atoms. The lowest BCUT2D eigenvalue weighted by molar-refractivity contribution is -0.145. The van der Waals surface area contributed by atoms with Gasteiger partial charge in [0.2, 0.25) is 5.91 Å². The highest BCUT2D eigenvalue weighted by Gasteiger charge is 2.38. The van der Waals surface area contributed by atoms with E-state index in [1.54, 1.807) is 24.8 Å². The minimum absolute atomic E-state index is 0.0508. The van der Waals surface area contributed by atoms with Gasteiger partial charge in [-0.3, -0.25) is 4.79 Å². The molecule has 0 aromatic carbocycles. The van der Waals surface area contributed by atoms with E-state index in [0.29, 0.717) is 6.42 Å². The fourth-order valence-corrected chi connectivity index (χ4v) is 2.00. The van der Waals surface area contributed by atoms with E-state index in [1.807, 2.05) is 25.2 Å². The molecule has 1 heterocycles. The molecule has 1 saturated heterocycles. The second kappa shape index (κ2) is 6.01. The number of β-lactam (4-membered cyclic amide) rings is 1. The lowest BCUT2D eigenvalue weighted by Crippen LogP contribution is -2.51. The third kappa shape index (κ3) is 3.84. The van der Waals surface area contributed by atoms with Gasteiger partial charge < -0.3 is 10.0 Å². The highest BCUT2D eigenvalue weighted by Crippen LogP contribution is 2.29. The van der Waals surface area contributed by atoms with Crippen molar-refractivity contribution in [3.8, 4) is 0 Å². The summed E-state index contributed by atoms with van der Waals surface area (Å²) >= 11 is 0. The molecule has 1 aliphatic rings. The highest BCUT2D eigenvalue weighted by molar-refractivity contribution is 5.86. The molecule has 100 valence electrons. The third-order valence-corrected chi connectivity index (χ3v) is 3.06. The number of carbonyl (C=O) groups is 1. The largest absolute Gasteiger partial charge is 0.390 e. The van der Waals surface area contributed by atoms with Gasteiger partial charge in [-0.15, -0.1) is 0 Å². The lowest BCUT2D eigenvalue weighted by atomic mass is 9.88. The fraction of sp³-hybridized carbons (Fsp3) is 0.533. The van der Waals surface area contributed by atoms with E-state index in [-0.39, 0.29) is 11.8 Å². The van der Waals surface area contributed by atoms with Gasteiger partial charge in [-0.1, -0.05) is 18.7 Å². The van der Waals surface area contributed by atoms with E-state index in [2.05, 4.69) is 6.58 Å². The third-order valence-electron chi connectivity index (χ3n) is 3.06. The van der Waals surface area contributed by atoms with Gasteiger partial charge in [0, 0.05) is 12.2 Å². The van der Waals surface area contributed by atoms with Gasteiger partial charge in [0.1, 0.15) is 0 Å². The SMILES string of the molecule is C=C/C=C(\C=C/C)N1CC(CCC(C)(C)O)C1=O. The number of amides is 1. The number of allylic oxidation sites excluding steroid dienone is 4. The van der Waals surface area contributed by atoms with Crippen molar-refractivity contribution in [3.05, 3.63) is 36.6 Å². The second-order valence-electron chi connectivity index (χ2n) is 5.32. The Hall–Kier alpha value is -1.35. The molecule has 0 radical (unpaired) electrons. The molecule has 1 amide bonds. The van der Waals surface area contributed by atoms with Gasteiger partial charge in [-0.05, 0) is 45.8 Å². The van der Waals surface area contributed by atoms with Crippen LogP contribution in [0.2, 0.25) is 0 Å². The lowest BCUT2D eigenvalue weighted by Gasteiger charge is -2.40. The summed E-state index contributed by atoms with van der Waals surface area (Å²) < 4.78 is 0. The van der Waals surface area contributed by atoms with Crippen LogP contribution in [0.1, 0.15) is 33.6 Å². The summed E-state index contributed by atoms with van der Waals surface area (Å²) in [4.78, 5) is 13.8. The number of hydrogen-bond acceptors (Lipinski definition) is 2. The minimum atomic E-state index is -0.691. The van der Waals surface area contributed by atoms with Crippen LogP contribution in [0.5, 0.6) is 0 Å². The Balaban J connectivity index is 2.54. The first-order chi connectivity index (χ1) is 8.39. The maximum atomic E-state index is 12.0. The zero-order chi connectivity index (χ0) is 13.8. The van der Waals surface area contributed by atoms with Crippen molar-refractivity contribution < 1.29 is 9.90 Å². The summed E-state index contributed by atoms with van der Waals surface area (Å²) in [5, 5.41) is 9.66. The number of aliphatic hydroxyl groups is 1. The van der Waals surface area contributed by atoms with Crippen LogP contribution in [0.3, 0.4) is 0 Å². The van der Waals surface area contributed by atoms with E-state index < -0.39 is 5.60 Å². The molecule has 3 heteroatoms. The van der Waals surface area contributed by atoms with Crippen LogP contribution in [-0.2, 0) is 4.79 Å². The molecular formula is C15H23NO2. The summed E-state index contributed by atoms with van der Waals surface area (Å²) in [6, 6.07) is 0. The maximum absolute atomic E-state index is 12.0. The molecule has 1 aliphatic heterocycles. The van der Waals surface area contributed by atoms with Gasteiger partial charge in [-0.25, -0.2) is 0 Å². The van der Waals surface area contributed by atoms with Crippen molar-refractivity contribution in [2.45, 2.75) is 39.2 Å². The predicted molar refractivity (Wildman–Crippen MR) is 73.8 cm³/mol. The average molecular weight is 249 g/mol. The molecule has 0 aromatic heterocycles. The van der Waals surface area contributed by atoms with E-state index >= 15 is 0 Å². The Morgan fingerprint density at radius 1 is 1.61 bits per heavy atom. The molecule has 0 bridgehead atoms. The first kappa shape index (κ1) is 14.7.